The van der Waals surface area contributed by atoms with Gasteiger partial charge in [0.15, 0.2) is 0 Å². The van der Waals surface area contributed by atoms with E-state index in [2.05, 4.69) is 0 Å². The van der Waals surface area contributed by atoms with Gasteiger partial charge in [0.2, 0.25) is 0 Å². The lowest BCUT2D eigenvalue weighted by Gasteiger charge is -2.03. The molecular formula is C14H14O3S. The molecule has 0 saturated carbocycles. The Balaban J connectivity index is 2.01. The first-order valence-electron chi connectivity index (χ1n) is 5.67. The van der Waals surface area contributed by atoms with Crippen LogP contribution in [0, 0.1) is 6.92 Å². The van der Waals surface area contributed by atoms with E-state index in [4.69, 9.17) is 4.42 Å². The van der Waals surface area contributed by atoms with Gasteiger partial charge in [-0.1, -0.05) is 30.3 Å². The fourth-order valence-electron chi connectivity index (χ4n) is 1.63. The summed E-state index contributed by atoms with van der Waals surface area (Å²) in [6.45, 7) is 1.64. The van der Waals surface area contributed by atoms with E-state index in [1.54, 1.807) is 6.92 Å². The van der Waals surface area contributed by atoms with Crippen molar-refractivity contribution in [3.63, 3.8) is 0 Å². The lowest BCUT2D eigenvalue weighted by Crippen LogP contribution is -2.03. The van der Waals surface area contributed by atoms with Crippen LogP contribution in [0.4, 0.5) is 0 Å². The maximum atomic E-state index is 11.6. The van der Waals surface area contributed by atoms with Crippen molar-refractivity contribution in [1.82, 2.24) is 0 Å². The molecule has 0 amide bonds. The minimum absolute atomic E-state index is 0.00168. The van der Waals surface area contributed by atoms with Gasteiger partial charge < -0.3 is 9.52 Å². The minimum Gasteiger partial charge on any atom is -0.506 e. The number of benzene rings is 1. The third-order valence-electron chi connectivity index (χ3n) is 2.49. The summed E-state index contributed by atoms with van der Waals surface area (Å²) in [5.74, 6) is 1.15. The average molecular weight is 262 g/mol. The SMILES string of the molecule is Cc1cc(O)c(SCCc2ccccc2)c(=O)o1. The molecule has 2 rings (SSSR count). The monoisotopic (exact) mass is 262 g/mol. The predicted octanol–water partition coefficient (Wildman–Crippen LogP) is 2.99. The van der Waals surface area contributed by atoms with Gasteiger partial charge in [-0.2, -0.15) is 0 Å². The Labute approximate surface area is 109 Å². The Bertz CT molecular complexity index is 575. The van der Waals surface area contributed by atoms with Crippen molar-refractivity contribution in [2.45, 2.75) is 18.2 Å². The molecule has 0 aliphatic carbocycles. The Morgan fingerprint density at radius 3 is 2.67 bits per heavy atom. The second-order valence-electron chi connectivity index (χ2n) is 3.94. The van der Waals surface area contributed by atoms with Crippen molar-refractivity contribution in [3.05, 3.63) is 58.1 Å². The van der Waals surface area contributed by atoms with Gasteiger partial charge in [0, 0.05) is 11.8 Å². The van der Waals surface area contributed by atoms with Crippen LogP contribution in [0.5, 0.6) is 5.75 Å². The van der Waals surface area contributed by atoms with Crippen LogP contribution in [0.15, 0.2) is 50.5 Å². The second kappa shape index (κ2) is 5.78. The molecule has 1 aromatic carbocycles. The van der Waals surface area contributed by atoms with Crippen molar-refractivity contribution in [2.24, 2.45) is 0 Å². The molecule has 0 atom stereocenters. The third kappa shape index (κ3) is 3.17. The van der Waals surface area contributed by atoms with Crippen LogP contribution in [-0.4, -0.2) is 10.9 Å². The van der Waals surface area contributed by atoms with Crippen LogP contribution >= 0.6 is 11.8 Å². The van der Waals surface area contributed by atoms with Gasteiger partial charge >= 0.3 is 5.63 Å². The van der Waals surface area contributed by atoms with Crippen LogP contribution in [0.2, 0.25) is 0 Å². The van der Waals surface area contributed by atoms with E-state index in [1.807, 2.05) is 30.3 Å². The molecule has 1 aromatic heterocycles. The summed E-state index contributed by atoms with van der Waals surface area (Å²) in [5, 5.41) is 9.69. The molecule has 94 valence electrons. The summed E-state index contributed by atoms with van der Waals surface area (Å²) in [6, 6.07) is 11.5. The molecule has 4 heteroatoms. The van der Waals surface area contributed by atoms with E-state index in [0.29, 0.717) is 5.76 Å². The standard InChI is InChI=1S/C14H14O3S/c1-10-9-12(15)13(14(16)17-10)18-8-7-11-5-3-2-4-6-11/h2-6,9,15H,7-8H2,1H3. The van der Waals surface area contributed by atoms with Gasteiger partial charge in [-0.15, -0.1) is 11.8 Å². The summed E-state index contributed by atoms with van der Waals surface area (Å²) in [5.41, 5.74) is 0.742. The fraction of sp³-hybridized carbons (Fsp3) is 0.214. The Hall–Kier alpha value is -1.68. The normalized spacial score (nSPS) is 10.5. The van der Waals surface area contributed by atoms with Crippen LogP contribution < -0.4 is 5.63 Å². The quantitative estimate of drug-likeness (QED) is 0.861. The topological polar surface area (TPSA) is 50.4 Å². The van der Waals surface area contributed by atoms with Gasteiger partial charge in [-0.05, 0) is 18.9 Å². The first-order valence-corrected chi connectivity index (χ1v) is 6.66. The summed E-state index contributed by atoms with van der Waals surface area (Å²) in [6.07, 6.45) is 0.845. The molecule has 0 bridgehead atoms. The average Bonchev–Trinajstić information content (AvgIpc) is 2.34. The number of aromatic hydroxyl groups is 1. The molecule has 0 aliphatic rings. The summed E-state index contributed by atoms with van der Waals surface area (Å²) >= 11 is 1.32. The molecule has 0 radical (unpaired) electrons. The first kappa shape index (κ1) is 12.8. The Morgan fingerprint density at radius 1 is 1.28 bits per heavy atom. The molecule has 0 fully saturated rings. The van der Waals surface area contributed by atoms with Crippen LogP contribution in [0.1, 0.15) is 11.3 Å². The molecule has 3 nitrogen and oxygen atoms in total. The molecule has 0 saturated heterocycles. The number of aryl methyl sites for hydroxylation is 2. The molecule has 18 heavy (non-hydrogen) atoms. The highest BCUT2D eigenvalue weighted by atomic mass is 32.2. The predicted molar refractivity (Wildman–Crippen MR) is 72.2 cm³/mol. The summed E-state index contributed by atoms with van der Waals surface area (Å²) in [4.78, 5) is 11.8. The van der Waals surface area contributed by atoms with Crippen molar-refractivity contribution in [1.29, 1.82) is 0 Å². The fourth-order valence-corrected chi connectivity index (χ4v) is 2.54. The molecule has 0 aliphatic heterocycles. The molecule has 1 N–H and O–H groups in total. The van der Waals surface area contributed by atoms with E-state index in [1.165, 1.54) is 23.4 Å². The zero-order chi connectivity index (χ0) is 13.0. The van der Waals surface area contributed by atoms with Gasteiger partial charge in [-0.25, -0.2) is 4.79 Å². The van der Waals surface area contributed by atoms with Gasteiger partial charge in [0.05, 0.1) is 0 Å². The van der Waals surface area contributed by atoms with Crippen molar-refractivity contribution in [3.8, 4) is 5.75 Å². The summed E-state index contributed by atoms with van der Waals surface area (Å²) < 4.78 is 4.96. The highest BCUT2D eigenvalue weighted by molar-refractivity contribution is 7.99. The van der Waals surface area contributed by atoms with Crippen LogP contribution in [0.3, 0.4) is 0 Å². The van der Waals surface area contributed by atoms with Crippen molar-refractivity contribution in [2.75, 3.05) is 5.75 Å². The molecule has 0 spiro atoms. The van der Waals surface area contributed by atoms with Gasteiger partial charge in [0.1, 0.15) is 16.4 Å². The molecule has 2 aromatic rings. The van der Waals surface area contributed by atoms with Gasteiger partial charge in [-0.3, -0.25) is 0 Å². The van der Waals surface area contributed by atoms with E-state index < -0.39 is 5.63 Å². The van der Waals surface area contributed by atoms with Gasteiger partial charge in [0.25, 0.3) is 0 Å². The number of hydrogen-bond acceptors (Lipinski definition) is 4. The number of hydrogen-bond donors (Lipinski definition) is 1. The van der Waals surface area contributed by atoms with Crippen LogP contribution in [0.25, 0.3) is 0 Å². The highest BCUT2D eigenvalue weighted by Gasteiger charge is 2.09. The van der Waals surface area contributed by atoms with E-state index in [9.17, 15) is 9.90 Å². The highest BCUT2D eigenvalue weighted by Crippen LogP contribution is 2.25. The Morgan fingerprint density at radius 2 is 2.00 bits per heavy atom. The smallest absolute Gasteiger partial charge is 0.353 e. The Kier molecular flexibility index (Phi) is 4.10. The third-order valence-corrected chi connectivity index (χ3v) is 3.56. The minimum atomic E-state index is -0.467. The molecule has 0 unspecified atom stereocenters. The lowest BCUT2D eigenvalue weighted by atomic mass is 10.2. The second-order valence-corrected chi connectivity index (χ2v) is 5.05. The van der Waals surface area contributed by atoms with E-state index >= 15 is 0 Å². The zero-order valence-corrected chi connectivity index (χ0v) is 10.9. The lowest BCUT2D eigenvalue weighted by molar-refractivity contribution is 0.412. The van der Waals surface area contributed by atoms with Crippen LogP contribution in [-0.2, 0) is 6.42 Å². The van der Waals surface area contributed by atoms with E-state index in [0.717, 1.165) is 12.2 Å². The number of rotatable bonds is 4. The largest absolute Gasteiger partial charge is 0.506 e. The molecule has 1 heterocycles. The maximum absolute atomic E-state index is 11.6. The first-order chi connectivity index (χ1) is 8.66. The molecular weight excluding hydrogens is 248 g/mol. The van der Waals surface area contributed by atoms with Crippen molar-refractivity contribution < 1.29 is 9.52 Å². The summed E-state index contributed by atoms with van der Waals surface area (Å²) in [7, 11) is 0. The maximum Gasteiger partial charge on any atom is 0.353 e. The zero-order valence-electron chi connectivity index (χ0n) is 10.1. The van der Waals surface area contributed by atoms with Crippen molar-refractivity contribution >= 4 is 11.8 Å². The number of thioether (sulfide) groups is 1. The van der Waals surface area contributed by atoms with E-state index in [-0.39, 0.29) is 10.6 Å².